The van der Waals surface area contributed by atoms with Gasteiger partial charge in [-0.05, 0) is 72.9 Å². The molecule has 6 heteroatoms. The van der Waals surface area contributed by atoms with Gasteiger partial charge in [0.25, 0.3) is 5.91 Å². The Balaban J connectivity index is 2.21. The maximum absolute atomic E-state index is 13.0. The Morgan fingerprint density at radius 3 is 2.38 bits per heavy atom. The predicted molar refractivity (Wildman–Crippen MR) is 111 cm³/mol. The molecule has 2 N–H and O–H groups in total. The van der Waals surface area contributed by atoms with E-state index in [1.165, 1.54) is 24.3 Å². The highest BCUT2D eigenvalue weighted by Gasteiger charge is 2.37. The molecule has 3 nitrogen and oxygen atoms in total. The van der Waals surface area contributed by atoms with Crippen LogP contribution in [0.1, 0.15) is 36.2 Å². The average Bonchev–Trinajstić information content (AvgIpc) is 2.53. The Bertz CT molecular complexity index is 785. The second-order valence-electron chi connectivity index (χ2n) is 7.67. The fourth-order valence-corrected chi connectivity index (χ4v) is 3.77. The maximum Gasteiger partial charge on any atom is 0.255 e. The van der Waals surface area contributed by atoms with Crippen molar-refractivity contribution in [3.05, 3.63) is 63.9 Å². The van der Waals surface area contributed by atoms with E-state index in [1.807, 2.05) is 31.3 Å². The summed E-state index contributed by atoms with van der Waals surface area (Å²) in [6, 6.07) is 11.1. The third-order valence-corrected chi connectivity index (χ3v) is 9.44. The highest BCUT2D eigenvalue weighted by molar-refractivity contribution is 9.10. The van der Waals surface area contributed by atoms with Gasteiger partial charge in [0.05, 0.1) is 0 Å². The normalized spacial score (nSPS) is 12.1. The highest BCUT2D eigenvalue weighted by atomic mass is 79.9. The van der Waals surface area contributed by atoms with Gasteiger partial charge < -0.3 is 10.1 Å². The van der Waals surface area contributed by atoms with Gasteiger partial charge in [0, 0.05) is 15.7 Å². The van der Waals surface area contributed by atoms with Crippen LogP contribution in [0.5, 0.6) is 0 Å². The zero-order valence-corrected chi connectivity index (χ0v) is 18.2. The van der Waals surface area contributed by atoms with Gasteiger partial charge in [-0.1, -0.05) is 35.8 Å². The molecule has 0 heterocycles. The van der Waals surface area contributed by atoms with Gasteiger partial charge in [0.15, 0.2) is 8.32 Å². The van der Waals surface area contributed by atoms with E-state index in [1.54, 1.807) is 0 Å². The summed E-state index contributed by atoms with van der Waals surface area (Å²) in [6.07, 6.45) is 1.54. The van der Waals surface area contributed by atoms with Gasteiger partial charge in [-0.25, -0.2) is 4.39 Å². The van der Waals surface area contributed by atoms with Gasteiger partial charge in [0.1, 0.15) is 5.82 Å². The van der Waals surface area contributed by atoms with E-state index in [-0.39, 0.29) is 16.8 Å². The second kappa shape index (κ2) is 8.02. The lowest BCUT2D eigenvalue weighted by Gasteiger charge is -2.35. The number of rotatable bonds is 6. The first-order valence-electron chi connectivity index (χ1n) is 8.58. The van der Waals surface area contributed by atoms with E-state index >= 15 is 0 Å². The van der Waals surface area contributed by atoms with Crippen LogP contribution >= 0.6 is 15.9 Å². The Morgan fingerprint density at radius 2 is 1.81 bits per heavy atom. The quantitative estimate of drug-likeness (QED) is 0.564. The van der Waals surface area contributed by atoms with Gasteiger partial charge in [-0.3, -0.25) is 4.79 Å². The van der Waals surface area contributed by atoms with Crippen LogP contribution in [0.3, 0.4) is 0 Å². The van der Waals surface area contributed by atoms with E-state index in [2.05, 4.69) is 35.1 Å². The summed E-state index contributed by atoms with van der Waals surface area (Å²) in [4.78, 5) is 23.0. The zero-order chi connectivity index (χ0) is 19.5. The number of amides is 1. The molecule has 0 atom stereocenters. The fourth-order valence-electron chi connectivity index (χ4n) is 2.47. The van der Waals surface area contributed by atoms with E-state index in [0.717, 1.165) is 28.6 Å². The standard InChI is InChI=1S/C20H25BrFNO2Si/c1-20(2,26(3,4)25)13-12-16-17(21)6-5-7-18(16)23-19(24)14-8-10-15(22)11-9-14/h5-11,25H,12-13H2,1-4H3,(H,23,24). The number of hydrogen-bond acceptors (Lipinski definition) is 2. The van der Waals surface area contributed by atoms with Crippen molar-refractivity contribution in [1.29, 1.82) is 0 Å². The van der Waals surface area contributed by atoms with Crippen LogP contribution < -0.4 is 5.32 Å². The van der Waals surface area contributed by atoms with Crippen molar-refractivity contribution < 1.29 is 14.0 Å². The van der Waals surface area contributed by atoms with Crippen LogP contribution in [0, 0.1) is 5.82 Å². The average molecular weight is 438 g/mol. The van der Waals surface area contributed by atoms with Crippen molar-refractivity contribution in [2.45, 2.75) is 44.8 Å². The molecular weight excluding hydrogens is 413 g/mol. The summed E-state index contributed by atoms with van der Waals surface area (Å²) in [5, 5.41) is 2.77. The Labute approximate surface area is 163 Å². The molecule has 2 aromatic rings. The second-order valence-corrected chi connectivity index (χ2v) is 13.0. The maximum atomic E-state index is 13.0. The number of halogens is 2. The number of nitrogens with one attached hydrogen (secondary N) is 1. The Morgan fingerprint density at radius 1 is 1.19 bits per heavy atom. The molecule has 0 aliphatic carbocycles. The monoisotopic (exact) mass is 437 g/mol. The van der Waals surface area contributed by atoms with Crippen molar-refractivity contribution in [3.8, 4) is 0 Å². The van der Waals surface area contributed by atoms with Crippen LogP contribution in [-0.2, 0) is 6.42 Å². The number of hydrogen-bond donors (Lipinski definition) is 2. The van der Waals surface area contributed by atoms with E-state index in [4.69, 9.17) is 0 Å². The van der Waals surface area contributed by atoms with Crippen LogP contribution in [0.15, 0.2) is 46.9 Å². The molecule has 0 saturated carbocycles. The van der Waals surface area contributed by atoms with E-state index in [9.17, 15) is 14.0 Å². The van der Waals surface area contributed by atoms with Crippen LogP contribution in [-0.4, -0.2) is 19.0 Å². The zero-order valence-electron chi connectivity index (χ0n) is 15.6. The third-order valence-electron chi connectivity index (χ3n) is 5.13. The molecule has 140 valence electrons. The Kier molecular flexibility index (Phi) is 6.42. The van der Waals surface area contributed by atoms with Crippen LogP contribution in [0.25, 0.3) is 0 Å². The molecule has 0 bridgehead atoms. The van der Waals surface area contributed by atoms with Gasteiger partial charge in [0.2, 0.25) is 0 Å². The molecule has 2 aromatic carbocycles. The van der Waals surface area contributed by atoms with Crippen molar-refractivity contribution in [2.75, 3.05) is 5.32 Å². The summed E-state index contributed by atoms with van der Waals surface area (Å²) in [5.41, 5.74) is 2.12. The molecule has 0 unspecified atom stereocenters. The van der Waals surface area contributed by atoms with Crippen molar-refractivity contribution in [3.63, 3.8) is 0 Å². The summed E-state index contributed by atoms with van der Waals surface area (Å²) in [7, 11) is -2.30. The van der Waals surface area contributed by atoms with Crippen LogP contribution in [0.4, 0.5) is 10.1 Å². The number of carbonyl (C=O) groups excluding carboxylic acids is 1. The highest BCUT2D eigenvalue weighted by Crippen LogP contribution is 2.41. The summed E-state index contributed by atoms with van der Waals surface area (Å²) >= 11 is 3.57. The lowest BCUT2D eigenvalue weighted by Crippen LogP contribution is -2.39. The molecule has 0 aliphatic rings. The van der Waals surface area contributed by atoms with Crippen molar-refractivity contribution in [2.24, 2.45) is 0 Å². The first-order valence-corrected chi connectivity index (χ1v) is 12.3. The predicted octanol–water partition coefficient (Wildman–Crippen LogP) is 5.75. The molecule has 0 aromatic heterocycles. The molecule has 0 saturated heterocycles. The smallest absolute Gasteiger partial charge is 0.255 e. The molecule has 26 heavy (non-hydrogen) atoms. The molecule has 0 aliphatic heterocycles. The SMILES string of the molecule is CC(C)(CCc1c(Br)cccc1NC(=O)c1ccc(F)cc1)[Si](C)(C)O. The molecule has 2 rings (SSSR count). The molecule has 1 amide bonds. The van der Waals surface area contributed by atoms with E-state index < -0.39 is 8.32 Å². The minimum Gasteiger partial charge on any atom is -0.432 e. The van der Waals surface area contributed by atoms with Gasteiger partial charge in [-0.15, -0.1) is 0 Å². The van der Waals surface area contributed by atoms with Gasteiger partial charge >= 0.3 is 0 Å². The first-order chi connectivity index (χ1) is 12.0. The number of carbonyl (C=O) groups is 1. The number of anilines is 1. The van der Waals surface area contributed by atoms with Crippen molar-refractivity contribution >= 4 is 35.8 Å². The Hall–Kier alpha value is -1.50. The molecule has 0 spiro atoms. The summed E-state index contributed by atoms with van der Waals surface area (Å²) in [5.74, 6) is -0.650. The minimum absolute atomic E-state index is 0.152. The van der Waals surface area contributed by atoms with Crippen molar-refractivity contribution in [1.82, 2.24) is 0 Å². The summed E-state index contributed by atoms with van der Waals surface area (Å²) in [6.45, 7) is 8.08. The third kappa shape index (κ3) is 5.02. The first kappa shape index (κ1) is 20.8. The molecule has 0 radical (unpaired) electrons. The van der Waals surface area contributed by atoms with Crippen LogP contribution in [0.2, 0.25) is 18.1 Å². The fraction of sp³-hybridized carbons (Fsp3) is 0.350. The topological polar surface area (TPSA) is 49.3 Å². The number of benzene rings is 2. The largest absolute Gasteiger partial charge is 0.432 e. The van der Waals surface area contributed by atoms with E-state index in [0.29, 0.717) is 5.56 Å². The minimum atomic E-state index is -2.30. The lowest BCUT2D eigenvalue weighted by atomic mass is 10.00. The van der Waals surface area contributed by atoms with Gasteiger partial charge in [-0.2, -0.15) is 0 Å². The summed E-state index contributed by atoms with van der Waals surface area (Å²) < 4.78 is 14.0. The molecule has 0 fully saturated rings. The lowest BCUT2D eigenvalue weighted by molar-refractivity contribution is 0.102. The molecular formula is C20H25BrFNO2Si.